The predicted molar refractivity (Wildman–Crippen MR) is 125 cm³/mol. The van der Waals surface area contributed by atoms with Gasteiger partial charge in [-0.2, -0.15) is 0 Å². The molecule has 0 bridgehead atoms. The third-order valence-electron chi connectivity index (χ3n) is 6.13. The minimum absolute atomic E-state index is 0.0346. The smallest absolute Gasteiger partial charge is 0.254 e. The zero-order chi connectivity index (χ0) is 22.7. The van der Waals surface area contributed by atoms with Crippen LogP contribution in [0.15, 0.2) is 54.6 Å². The van der Waals surface area contributed by atoms with Crippen LogP contribution in [0, 0.1) is 0 Å². The lowest BCUT2D eigenvalue weighted by Crippen LogP contribution is -2.28. The molecule has 1 fully saturated rings. The number of ether oxygens (including phenoxy) is 1. The molecule has 1 atom stereocenters. The Kier molecular flexibility index (Phi) is 6.40. The number of nitrogens with zero attached hydrogens (tertiary/aromatic N) is 3. The van der Waals surface area contributed by atoms with Crippen molar-refractivity contribution in [1.82, 2.24) is 14.8 Å². The summed E-state index contributed by atoms with van der Waals surface area (Å²) in [6, 6.07) is 17.5. The van der Waals surface area contributed by atoms with Gasteiger partial charge in [0.15, 0.2) is 0 Å². The van der Waals surface area contributed by atoms with Crippen molar-refractivity contribution in [2.75, 3.05) is 34.3 Å². The van der Waals surface area contributed by atoms with Crippen LogP contribution in [0.25, 0.3) is 10.9 Å². The van der Waals surface area contributed by atoms with Gasteiger partial charge in [0.05, 0.1) is 18.2 Å². The van der Waals surface area contributed by atoms with Crippen molar-refractivity contribution >= 4 is 22.7 Å². The third kappa shape index (κ3) is 4.44. The fourth-order valence-electron chi connectivity index (χ4n) is 4.36. The normalized spacial score (nSPS) is 15.7. The molecule has 1 unspecified atom stereocenters. The van der Waals surface area contributed by atoms with Crippen molar-refractivity contribution in [3.05, 3.63) is 71.4 Å². The Bertz CT molecular complexity index is 1140. The van der Waals surface area contributed by atoms with E-state index in [0.29, 0.717) is 31.5 Å². The van der Waals surface area contributed by atoms with Crippen molar-refractivity contribution in [3.63, 3.8) is 0 Å². The van der Waals surface area contributed by atoms with Crippen molar-refractivity contribution in [1.29, 1.82) is 0 Å². The fraction of sp³-hybridized carbons (Fsp3) is 0.346. The standard InChI is InChI=1S/C26H29N3O3/c1-28(2)26(31)21-16-23(27-22-10-6-5-9-20(21)22)19-14-15-29(17-19)25(30)13-12-18-8-4-7-11-24(18)32-3/h4-11,16,19H,12-15,17H2,1-3H3. The second-order valence-corrected chi connectivity index (χ2v) is 8.45. The lowest BCUT2D eigenvalue weighted by Gasteiger charge is -2.18. The molecule has 1 aliphatic heterocycles. The summed E-state index contributed by atoms with van der Waals surface area (Å²) < 4.78 is 5.40. The number of likely N-dealkylation sites (tertiary alicyclic amines) is 1. The van der Waals surface area contributed by atoms with Gasteiger partial charge in [-0.3, -0.25) is 14.6 Å². The lowest BCUT2D eigenvalue weighted by molar-refractivity contribution is -0.130. The zero-order valence-corrected chi connectivity index (χ0v) is 18.9. The number of benzene rings is 2. The van der Waals surface area contributed by atoms with Crippen LogP contribution in [0.3, 0.4) is 0 Å². The average molecular weight is 432 g/mol. The lowest BCUT2D eigenvalue weighted by atomic mass is 9.99. The maximum absolute atomic E-state index is 12.9. The molecule has 0 radical (unpaired) electrons. The maximum atomic E-state index is 12.9. The van der Waals surface area contributed by atoms with Gasteiger partial charge >= 0.3 is 0 Å². The molecule has 2 aromatic carbocycles. The molecule has 1 aliphatic rings. The van der Waals surface area contributed by atoms with Crippen LogP contribution in [0.4, 0.5) is 0 Å². The highest BCUT2D eigenvalue weighted by Gasteiger charge is 2.29. The first-order valence-electron chi connectivity index (χ1n) is 11.0. The Morgan fingerprint density at radius 3 is 2.66 bits per heavy atom. The molecule has 0 spiro atoms. The number of carbonyl (C=O) groups is 2. The second-order valence-electron chi connectivity index (χ2n) is 8.45. The highest BCUT2D eigenvalue weighted by Crippen LogP contribution is 2.30. The van der Waals surface area contributed by atoms with E-state index in [-0.39, 0.29) is 17.7 Å². The monoisotopic (exact) mass is 431 g/mol. The van der Waals surface area contributed by atoms with E-state index in [4.69, 9.17) is 9.72 Å². The van der Waals surface area contributed by atoms with Crippen LogP contribution in [-0.4, -0.2) is 60.9 Å². The number of carbonyl (C=O) groups excluding carboxylic acids is 2. The highest BCUT2D eigenvalue weighted by molar-refractivity contribution is 6.06. The quantitative estimate of drug-likeness (QED) is 0.594. The molecule has 4 rings (SSSR count). The molecule has 166 valence electrons. The summed E-state index contributed by atoms with van der Waals surface area (Å²) >= 11 is 0. The molecular formula is C26H29N3O3. The summed E-state index contributed by atoms with van der Waals surface area (Å²) in [6.07, 6.45) is 1.95. The van der Waals surface area contributed by atoms with Gasteiger partial charge in [0, 0.05) is 50.6 Å². The Morgan fingerprint density at radius 1 is 1.12 bits per heavy atom. The second kappa shape index (κ2) is 9.39. The van der Waals surface area contributed by atoms with Crippen molar-refractivity contribution < 1.29 is 14.3 Å². The highest BCUT2D eigenvalue weighted by atomic mass is 16.5. The molecule has 0 N–H and O–H groups in total. The SMILES string of the molecule is COc1ccccc1CCC(=O)N1CCC(c2cc(C(=O)N(C)C)c3ccccc3n2)C1. The maximum Gasteiger partial charge on any atom is 0.254 e. The van der Waals surface area contributed by atoms with Gasteiger partial charge in [-0.05, 0) is 36.6 Å². The number of amides is 2. The van der Waals surface area contributed by atoms with Crippen LogP contribution in [0.2, 0.25) is 0 Å². The van der Waals surface area contributed by atoms with E-state index in [2.05, 4.69) is 0 Å². The number of hydrogen-bond donors (Lipinski definition) is 0. The average Bonchev–Trinajstić information content (AvgIpc) is 3.32. The van der Waals surface area contributed by atoms with Crippen LogP contribution in [0.5, 0.6) is 5.75 Å². The van der Waals surface area contributed by atoms with Crippen molar-refractivity contribution in [3.8, 4) is 5.75 Å². The molecule has 2 heterocycles. The minimum Gasteiger partial charge on any atom is -0.496 e. The van der Waals surface area contributed by atoms with Gasteiger partial charge in [-0.15, -0.1) is 0 Å². The topological polar surface area (TPSA) is 62.7 Å². The molecule has 1 saturated heterocycles. The summed E-state index contributed by atoms with van der Waals surface area (Å²) in [5, 5.41) is 0.859. The Labute approximate surface area is 188 Å². The van der Waals surface area contributed by atoms with E-state index < -0.39 is 0 Å². The van der Waals surface area contributed by atoms with Gasteiger partial charge in [-0.1, -0.05) is 36.4 Å². The number of aryl methyl sites for hydroxylation is 1. The van der Waals surface area contributed by atoms with E-state index >= 15 is 0 Å². The van der Waals surface area contributed by atoms with Gasteiger partial charge in [0.1, 0.15) is 5.75 Å². The molecule has 1 aromatic heterocycles. The summed E-state index contributed by atoms with van der Waals surface area (Å²) in [7, 11) is 5.17. The first-order chi connectivity index (χ1) is 15.5. The Balaban J connectivity index is 1.49. The first-order valence-corrected chi connectivity index (χ1v) is 11.0. The molecule has 6 nitrogen and oxygen atoms in total. The van der Waals surface area contributed by atoms with E-state index in [9.17, 15) is 9.59 Å². The number of fused-ring (bicyclic) bond motifs is 1. The molecular weight excluding hydrogens is 402 g/mol. The van der Waals surface area contributed by atoms with Crippen LogP contribution < -0.4 is 4.74 Å². The molecule has 6 heteroatoms. The minimum atomic E-state index is -0.0346. The van der Waals surface area contributed by atoms with Crippen LogP contribution in [-0.2, 0) is 11.2 Å². The number of methoxy groups -OCH3 is 1. The first kappa shape index (κ1) is 21.8. The van der Waals surface area contributed by atoms with Crippen LogP contribution >= 0.6 is 0 Å². The summed E-state index contributed by atoms with van der Waals surface area (Å²) in [4.78, 5) is 34.0. The molecule has 3 aromatic rings. The number of pyridine rings is 1. The van der Waals surface area contributed by atoms with E-state index in [0.717, 1.165) is 34.3 Å². The van der Waals surface area contributed by atoms with Crippen molar-refractivity contribution in [2.24, 2.45) is 0 Å². The summed E-state index contributed by atoms with van der Waals surface area (Å²) in [6.45, 7) is 1.34. The Hall–Kier alpha value is -3.41. The molecule has 32 heavy (non-hydrogen) atoms. The van der Waals surface area contributed by atoms with E-state index in [1.165, 1.54) is 0 Å². The van der Waals surface area contributed by atoms with Crippen molar-refractivity contribution in [2.45, 2.75) is 25.2 Å². The third-order valence-corrected chi connectivity index (χ3v) is 6.13. The molecule has 2 amide bonds. The summed E-state index contributed by atoms with van der Waals surface area (Å²) in [5.74, 6) is 1.05. The van der Waals surface area contributed by atoms with E-state index in [1.54, 1.807) is 26.1 Å². The van der Waals surface area contributed by atoms with Gasteiger partial charge < -0.3 is 14.5 Å². The fourth-order valence-corrected chi connectivity index (χ4v) is 4.36. The van der Waals surface area contributed by atoms with Gasteiger partial charge in [0.25, 0.3) is 5.91 Å². The molecule has 0 aliphatic carbocycles. The number of hydrogen-bond acceptors (Lipinski definition) is 4. The Morgan fingerprint density at radius 2 is 1.88 bits per heavy atom. The number of para-hydroxylation sites is 2. The largest absolute Gasteiger partial charge is 0.496 e. The number of rotatable bonds is 6. The number of aromatic nitrogens is 1. The predicted octanol–water partition coefficient (Wildman–Crippen LogP) is 3.89. The van der Waals surface area contributed by atoms with Gasteiger partial charge in [0.2, 0.25) is 5.91 Å². The zero-order valence-electron chi connectivity index (χ0n) is 18.9. The van der Waals surface area contributed by atoms with Crippen LogP contribution in [0.1, 0.15) is 40.4 Å². The summed E-state index contributed by atoms with van der Waals surface area (Å²) in [5.41, 5.74) is 3.41. The van der Waals surface area contributed by atoms with E-state index in [1.807, 2.05) is 59.5 Å². The molecule has 0 saturated carbocycles. The van der Waals surface area contributed by atoms with Gasteiger partial charge in [-0.25, -0.2) is 0 Å².